The highest BCUT2D eigenvalue weighted by Crippen LogP contribution is 2.14. The minimum Gasteiger partial charge on any atom is -0.480 e. The Kier molecular flexibility index (Phi) is 4.34. The summed E-state index contributed by atoms with van der Waals surface area (Å²) in [5.74, 6) is -1.19. The standard InChI is InChI=1S/C10H17NO3/c1-5-6-7-8(12)11(4)10(2,3)9(13)14/h5H,1,6-7H2,2-4H3,(H,13,14). The van der Waals surface area contributed by atoms with E-state index in [0.29, 0.717) is 12.8 Å². The maximum Gasteiger partial charge on any atom is 0.329 e. The summed E-state index contributed by atoms with van der Waals surface area (Å²) >= 11 is 0. The van der Waals surface area contributed by atoms with Crippen molar-refractivity contribution in [3.8, 4) is 0 Å². The molecule has 0 aromatic carbocycles. The molecule has 0 atom stereocenters. The van der Waals surface area contributed by atoms with Crippen LogP contribution in [-0.2, 0) is 9.59 Å². The van der Waals surface area contributed by atoms with Crippen molar-refractivity contribution in [2.24, 2.45) is 0 Å². The molecule has 0 unspecified atom stereocenters. The number of carboxylic acid groups (broad SMARTS) is 1. The predicted molar refractivity (Wildman–Crippen MR) is 53.9 cm³/mol. The predicted octanol–water partition coefficient (Wildman–Crippen LogP) is 1.27. The highest BCUT2D eigenvalue weighted by atomic mass is 16.4. The van der Waals surface area contributed by atoms with Crippen LogP contribution in [0.4, 0.5) is 0 Å². The summed E-state index contributed by atoms with van der Waals surface area (Å²) in [7, 11) is 1.50. The molecule has 0 heterocycles. The van der Waals surface area contributed by atoms with Gasteiger partial charge in [-0.3, -0.25) is 4.79 Å². The Labute approximate surface area is 84.2 Å². The van der Waals surface area contributed by atoms with Gasteiger partial charge in [-0.15, -0.1) is 6.58 Å². The Hall–Kier alpha value is -1.32. The lowest BCUT2D eigenvalue weighted by Crippen LogP contribution is -2.50. The zero-order valence-corrected chi connectivity index (χ0v) is 8.91. The Bertz CT molecular complexity index is 246. The zero-order chi connectivity index (χ0) is 11.4. The minimum atomic E-state index is -1.15. The molecule has 4 nitrogen and oxygen atoms in total. The van der Waals surface area contributed by atoms with Gasteiger partial charge in [0, 0.05) is 13.5 Å². The van der Waals surface area contributed by atoms with Gasteiger partial charge in [0.15, 0.2) is 0 Å². The number of rotatable bonds is 5. The molecule has 0 radical (unpaired) electrons. The minimum absolute atomic E-state index is 0.183. The number of hydrogen-bond acceptors (Lipinski definition) is 2. The van der Waals surface area contributed by atoms with Gasteiger partial charge in [-0.2, -0.15) is 0 Å². The maximum atomic E-state index is 11.5. The van der Waals surface area contributed by atoms with Gasteiger partial charge in [0.05, 0.1) is 0 Å². The second-order valence-electron chi connectivity index (χ2n) is 3.64. The lowest BCUT2D eigenvalue weighted by molar-refractivity contribution is -0.155. The molecule has 0 aliphatic heterocycles. The Morgan fingerprint density at radius 2 is 2.00 bits per heavy atom. The third-order valence-corrected chi connectivity index (χ3v) is 2.30. The van der Waals surface area contributed by atoms with Crippen LogP contribution in [0.1, 0.15) is 26.7 Å². The van der Waals surface area contributed by atoms with E-state index in [1.54, 1.807) is 6.08 Å². The van der Waals surface area contributed by atoms with Crippen molar-refractivity contribution >= 4 is 11.9 Å². The normalized spacial score (nSPS) is 10.8. The third kappa shape index (κ3) is 2.87. The van der Waals surface area contributed by atoms with Crippen molar-refractivity contribution in [3.63, 3.8) is 0 Å². The average Bonchev–Trinajstić information content (AvgIpc) is 2.12. The summed E-state index contributed by atoms with van der Waals surface area (Å²) in [6.45, 7) is 6.50. The summed E-state index contributed by atoms with van der Waals surface area (Å²) in [5, 5.41) is 8.87. The van der Waals surface area contributed by atoms with Crippen LogP contribution in [0.25, 0.3) is 0 Å². The second-order valence-corrected chi connectivity index (χ2v) is 3.64. The van der Waals surface area contributed by atoms with E-state index in [2.05, 4.69) is 6.58 Å². The van der Waals surface area contributed by atoms with Gasteiger partial charge in [0.1, 0.15) is 5.54 Å². The van der Waals surface area contributed by atoms with Crippen LogP contribution in [-0.4, -0.2) is 34.5 Å². The molecule has 0 aromatic rings. The van der Waals surface area contributed by atoms with Crippen LogP contribution < -0.4 is 0 Å². The van der Waals surface area contributed by atoms with E-state index in [0.717, 1.165) is 0 Å². The molecule has 0 spiro atoms. The van der Waals surface area contributed by atoms with E-state index in [9.17, 15) is 9.59 Å². The third-order valence-electron chi connectivity index (χ3n) is 2.30. The van der Waals surface area contributed by atoms with E-state index in [1.807, 2.05) is 0 Å². The summed E-state index contributed by atoms with van der Waals surface area (Å²) in [6, 6.07) is 0. The second kappa shape index (κ2) is 4.79. The van der Waals surface area contributed by atoms with Crippen molar-refractivity contribution in [2.45, 2.75) is 32.2 Å². The van der Waals surface area contributed by atoms with Crippen molar-refractivity contribution in [3.05, 3.63) is 12.7 Å². The average molecular weight is 199 g/mol. The molecule has 0 saturated carbocycles. The fraction of sp³-hybridized carbons (Fsp3) is 0.600. The summed E-state index contributed by atoms with van der Waals surface area (Å²) < 4.78 is 0. The van der Waals surface area contributed by atoms with Crippen molar-refractivity contribution in [1.29, 1.82) is 0 Å². The summed E-state index contributed by atoms with van der Waals surface area (Å²) in [6.07, 6.45) is 2.51. The van der Waals surface area contributed by atoms with Crippen LogP contribution in [0.5, 0.6) is 0 Å². The van der Waals surface area contributed by atoms with Gasteiger partial charge in [-0.1, -0.05) is 6.08 Å². The van der Waals surface area contributed by atoms with Crippen molar-refractivity contribution in [1.82, 2.24) is 4.90 Å². The number of carbonyl (C=O) groups is 2. The molecular weight excluding hydrogens is 182 g/mol. The van der Waals surface area contributed by atoms with Gasteiger partial charge in [0.2, 0.25) is 5.91 Å². The fourth-order valence-electron chi connectivity index (χ4n) is 0.848. The smallest absolute Gasteiger partial charge is 0.329 e. The first-order valence-electron chi connectivity index (χ1n) is 4.45. The van der Waals surface area contributed by atoms with E-state index in [1.165, 1.54) is 25.8 Å². The van der Waals surface area contributed by atoms with Crippen molar-refractivity contribution < 1.29 is 14.7 Å². The Balaban J connectivity index is 4.44. The topological polar surface area (TPSA) is 57.6 Å². The highest BCUT2D eigenvalue weighted by molar-refractivity contribution is 5.86. The quantitative estimate of drug-likeness (QED) is 0.678. The van der Waals surface area contributed by atoms with Gasteiger partial charge >= 0.3 is 5.97 Å². The lowest BCUT2D eigenvalue weighted by Gasteiger charge is -2.31. The number of carboxylic acids is 1. The lowest BCUT2D eigenvalue weighted by atomic mass is 10.0. The summed E-state index contributed by atoms with van der Waals surface area (Å²) in [4.78, 5) is 23.5. The summed E-state index contributed by atoms with van der Waals surface area (Å²) in [5.41, 5.74) is -1.15. The van der Waals surface area contributed by atoms with Crippen LogP contribution >= 0.6 is 0 Å². The van der Waals surface area contributed by atoms with Gasteiger partial charge < -0.3 is 10.0 Å². The number of amides is 1. The number of likely N-dealkylation sites (N-methyl/N-ethyl adjacent to an activating group) is 1. The molecule has 0 aliphatic carbocycles. The highest BCUT2D eigenvalue weighted by Gasteiger charge is 2.34. The first-order valence-corrected chi connectivity index (χ1v) is 4.45. The van der Waals surface area contributed by atoms with Crippen LogP contribution in [0.3, 0.4) is 0 Å². The molecule has 0 aromatic heterocycles. The van der Waals surface area contributed by atoms with E-state index >= 15 is 0 Å². The van der Waals surface area contributed by atoms with Gasteiger partial charge in [-0.25, -0.2) is 4.79 Å². The number of allylic oxidation sites excluding steroid dienone is 1. The monoisotopic (exact) mass is 199 g/mol. The molecule has 0 fully saturated rings. The largest absolute Gasteiger partial charge is 0.480 e. The van der Waals surface area contributed by atoms with Crippen LogP contribution in [0.2, 0.25) is 0 Å². The molecular formula is C10H17NO3. The van der Waals surface area contributed by atoms with E-state index in [4.69, 9.17) is 5.11 Å². The Morgan fingerprint density at radius 3 is 2.36 bits per heavy atom. The molecule has 14 heavy (non-hydrogen) atoms. The number of hydrogen-bond donors (Lipinski definition) is 1. The maximum absolute atomic E-state index is 11.5. The molecule has 0 bridgehead atoms. The van der Waals surface area contributed by atoms with E-state index < -0.39 is 11.5 Å². The van der Waals surface area contributed by atoms with E-state index in [-0.39, 0.29) is 5.91 Å². The van der Waals surface area contributed by atoms with Crippen molar-refractivity contribution in [2.75, 3.05) is 7.05 Å². The zero-order valence-electron chi connectivity index (χ0n) is 8.91. The molecule has 0 rings (SSSR count). The van der Waals surface area contributed by atoms with Crippen LogP contribution in [0.15, 0.2) is 12.7 Å². The molecule has 1 N–H and O–H groups in total. The molecule has 4 heteroatoms. The number of nitrogens with zero attached hydrogens (tertiary/aromatic N) is 1. The molecule has 0 saturated heterocycles. The first-order chi connectivity index (χ1) is 6.34. The number of aliphatic carboxylic acids is 1. The number of carbonyl (C=O) groups excluding carboxylic acids is 1. The molecule has 1 amide bonds. The molecule has 80 valence electrons. The fourth-order valence-corrected chi connectivity index (χ4v) is 0.848. The SMILES string of the molecule is C=CCCC(=O)N(C)C(C)(C)C(=O)O. The van der Waals surface area contributed by atoms with Gasteiger partial charge in [-0.05, 0) is 20.3 Å². The first kappa shape index (κ1) is 12.7. The van der Waals surface area contributed by atoms with Gasteiger partial charge in [0.25, 0.3) is 0 Å². The molecule has 0 aliphatic rings. The van der Waals surface area contributed by atoms with Crippen LogP contribution in [0, 0.1) is 0 Å². The Morgan fingerprint density at radius 1 is 1.50 bits per heavy atom.